The number of thiazole rings is 1. The second-order valence-corrected chi connectivity index (χ2v) is 7.15. The number of carbonyl (C=O) groups is 1. The van der Waals surface area contributed by atoms with Crippen LogP contribution in [0.3, 0.4) is 0 Å². The summed E-state index contributed by atoms with van der Waals surface area (Å²) in [5.41, 5.74) is 0.991. The zero-order valence-electron chi connectivity index (χ0n) is 14.2. The number of carbonyl (C=O) groups excluding carboxylic acids is 1. The summed E-state index contributed by atoms with van der Waals surface area (Å²) in [5, 5.41) is 0.968. The molecule has 3 aromatic rings. The van der Waals surface area contributed by atoms with Crippen molar-refractivity contribution in [1.82, 2.24) is 9.88 Å². The molecule has 2 heterocycles. The van der Waals surface area contributed by atoms with E-state index in [-0.39, 0.29) is 11.9 Å². The number of hydrogen-bond donors (Lipinski definition) is 1. The molecule has 1 amide bonds. The van der Waals surface area contributed by atoms with Crippen LogP contribution >= 0.6 is 11.3 Å². The highest BCUT2D eigenvalue weighted by Crippen LogP contribution is 2.28. The van der Waals surface area contributed by atoms with Crippen molar-refractivity contribution in [3.63, 3.8) is 0 Å². The van der Waals surface area contributed by atoms with Gasteiger partial charge >= 0.3 is 0 Å². The topological polar surface area (TPSA) is 50.8 Å². The van der Waals surface area contributed by atoms with Crippen LogP contribution in [0.5, 0.6) is 0 Å². The number of para-hydroxylation sites is 1. The van der Waals surface area contributed by atoms with Crippen LogP contribution in [0.15, 0.2) is 47.1 Å². The fourth-order valence-corrected chi connectivity index (χ4v) is 3.67. The van der Waals surface area contributed by atoms with E-state index in [0.29, 0.717) is 13.1 Å². The van der Waals surface area contributed by atoms with E-state index in [4.69, 9.17) is 4.42 Å². The molecule has 0 aliphatic carbocycles. The van der Waals surface area contributed by atoms with Crippen molar-refractivity contribution < 1.29 is 14.1 Å². The lowest BCUT2D eigenvalue weighted by molar-refractivity contribution is -0.886. The van der Waals surface area contributed by atoms with Crippen LogP contribution in [0, 0.1) is 0 Å². The molecule has 0 saturated heterocycles. The number of furan rings is 1. The summed E-state index contributed by atoms with van der Waals surface area (Å²) in [7, 11) is 3.84. The van der Waals surface area contributed by atoms with E-state index in [1.54, 1.807) is 22.5 Å². The molecule has 1 N–H and O–H groups in total. The number of quaternary nitrogens is 1. The lowest BCUT2D eigenvalue weighted by Gasteiger charge is -2.24. The number of aromatic nitrogens is 1. The van der Waals surface area contributed by atoms with Crippen molar-refractivity contribution in [2.45, 2.75) is 19.5 Å². The maximum atomic E-state index is 12.6. The van der Waals surface area contributed by atoms with Crippen molar-refractivity contribution in [2.24, 2.45) is 0 Å². The number of benzene rings is 1. The third-order valence-electron chi connectivity index (χ3n) is 4.15. The van der Waals surface area contributed by atoms with Crippen LogP contribution in [0.1, 0.15) is 23.7 Å². The van der Waals surface area contributed by atoms with Crippen LogP contribution < -0.4 is 4.90 Å². The molecule has 1 unspecified atom stereocenters. The molecule has 0 aliphatic heterocycles. The highest BCUT2D eigenvalue weighted by molar-refractivity contribution is 7.18. The Hall–Kier alpha value is -2.18. The number of nitrogens with one attached hydrogen (secondary N) is 1. The monoisotopic (exact) mass is 344 g/mol. The quantitative estimate of drug-likeness (QED) is 0.745. The van der Waals surface area contributed by atoms with Gasteiger partial charge in [0.25, 0.3) is 5.91 Å². The fourth-order valence-electron chi connectivity index (χ4n) is 2.61. The summed E-state index contributed by atoms with van der Waals surface area (Å²) in [6.07, 6.45) is 1.66. The van der Waals surface area contributed by atoms with Crippen LogP contribution in [-0.2, 0) is 11.3 Å². The van der Waals surface area contributed by atoms with Crippen LogP contribution in [0.4, 0.5) is 0 Å². The van der Waals surface area contributed by atoms with Gasteiger partial charge in [0.15, 0.2) is 12.3 Å². The first kappa shape index (κ1) is 16.7. The zero-order chi connectivity index (χ0) is 17.1. The average Bonchev–Trinajstić information content (AvgIpc) is 3.22. The molecule has 24 heavy (non-hydrogen) atoms. The van der Waals surface area contributed by atoms with Crippen LogP contribution in [0.25, 0.3) is 10.2 Å². The average molecular weight is 344 g/mol. The van der Waals surface area contributed by atoms with Crippen LogP contribution in [0.2, 0.25) is 0 Å². The smallest absolute Gasteiger partial charge is 0.278 e. The number of likely N-dealkylation sites (N-methyl/N-ethyl adjacent to an activating group) is 2. The largest absolute Gasteiger partial charge is 0.463 e. The Morgan fingerprint density at radius 3 is 2.83 bits per heavy atom. The van der Waals surface area contributed by atoms with Gasteiger partial charge in [-0.05, 0) is 31.2 Å². The summed E-state index contributed by atoms with van der Waals surface area (Å²) in [5.74, 6) is 0.994. The highest BCUT2D eigenvalue weighted by atomic mass is 32.1. The summed E-state index contributed by atoms with van der Waals surface area (Å²) in [4.78, 5) is 20.1. The second-order valence-electron chi connectivity index (χ2n) is 6.09. The van der Waals surface area contributed by atoms with Crippen molar-refractivity contribution in [3.05, 3.63) is 53.4 Å². The fraction of sp³-hybridized carbons (Fsp3) is 0.333. The van der Waals surface area contributed by atoms with Gasteiger partial charge in [0, 0.05) is 7.05 Å². The molecule has 6 heteroatoms. The van der Waals surface area contributed by atoms with Gasteiger partial charge in [0.1, 0.15) is 11.6 Å². The molecule has 2 aromatic heterocycles. The molecule has 1 aromatic carbocycles. The van der Waals surface area contributed by atoms with E-state index in [0.717, 1.165) is 25.9 Å². The molecule has 0 bridgehead atoms. The van der Waals surface area contributed by atoms with E-state index in [9.17, 15) is 4.79 Å². The first-order chi connectivity index (χ1) is 11.5. The molecule has 5 nitrogen and oxygen atoms in total. The van der Waals surface area contributed by atoms with E-state index in [1.165, 1.54) is 0 Å². The second kappa shape index (κ2) is 7.15. The summed E-state index contributed by atoms with van der Waals surface area (Å²) < 4.78 is 6.50. The summed E-state index contributed by atoms with van der Waals surface area (Å²) in [6, 6.07) is 11.8. The lowest BCUT2D eigenvalue weighted by atomic mass is 10.3. The van der Waals surface area contributed by atoms with Gasteiger partial charge in [-0.3, -0.25) is 4.79 Å². The minimum absolute atomic E-state index is 0.0358. The Morgan fingerprint density at radius 2 is 2.12 bits per heavy atom. The number of amides is 1. The maximum absolute atomic E-state index is 12.6. The molecule has 3 rings (SSSR count). The van der Waals surface area contributed by atoms with Gasteiger partial charge in [-0.15, -0.1) is 11.3 Å². The Labute approximate surface area is 145 Å². The molecule has 0 radical (unpaired) electrons. The minimum Gasteiger partial charge on any atom is -0.463 e. The number of nitrogens with zero attached hydrogens (tertiary/aromatic N) is 2. The Kier molecular flexibility index (Phi) is 4.97. The van der Waals surface area contributed by atoms with Crippen molar-refractivity contribution >= 4 is 27.5 Å². The van der Waals surface area contributed by atoms with E-state index in [2.05, 4.69) is 11.1 Å². The molecule has 126 valence electrons. The van der Waals surface area contributed by atoms with E-state index >= 15 is 0 Å². The van der Waals surface area contributed by atoms with Gasteiger partial charge in [-0.1, -0.05) is 12.1 Å². The molecule has 0 saturated carbocycles. The first-order valence-electron chi connectivity index (χ1n) is 7.99. The summed E-state index contributed by atoms with van der Waals surface area (Å²) in [6.45, 7) is 3.14. The summed E-state index contributed by atoms with van der Waals surface area (Å²) >= 11 is 1.65. The lowest BCUT2D eigenvalue weighted by Crippen LogP contribution is -3.08. The molecular weight excluding hydrogens is 322 g/mol. The van der Waals surface area contributed by atoms with E-state index in [1.807, 2.05) is 51.4 Å². The normalized spacial score (nSPS) is 13.8. The Balaban J connectivity index is 1.63. The van der Waals surface area contributed by atoms with Gasteiger partial charge in [-0.25, -0.2) is 4.98 Å². The molecular formula is C18H22N3O2S+. The highest BCUT2D eigenvalue weighted by Gasteiger charge is 2.23. The predicted octanol–water partition coefficient (Wildman–Crippen LogP) is 2.12. The standard InChI is InChI=1S/C18H21N3O2S/c1-13(18-19-15-8-4-5-9-16(15)24-18)21(3)17(22)12-20(2)11-14-7-6-10-23-14/h4-10,13H,11-12H2,1-3H3/p+1/t13-/m1/s1. The van der Waals surface area contributed by atoms with Crippen LogP contribution in [-0.4, -0.2) is 36.4 Å². The Morgan fingerprint density at radius 1 is 1.33 bits per heavy atom. The number of rotatable bonds is 6. The molecule has 0 aliphatic rings. The maximum Gasteiger partial charge on any atom is 0.278 e. The Bertz CT molecular complexity index is 780. The van der Waals surface area contributed by atoms with Gasteiger partial charge in [0.05, 0.1) is 29.6 Å². The third-order valence-corrected chi connectivity index (χ3v) is 5.36. The zero-order valence-corrected chi connectivity index (χ0v) is 15.0. The van der Waals surface area contributed by atoms with Crippen molar-refractivity contribution in [2.75, 3.05) is 20.6 Å². The first-order valence-corrected chi connectivity index (χ1v) is 8.81. The van der Waals surface area contributed by atoms with Gasteiger partial charge in [-0.2, -0.15) is 0 Å². The molecule has 0 spiro atoms. The van der Waals surface area contributed by atoms with Gasteiger partial charge < -0.3 is 14.2 Å². The van der Waals surface area contributed by atoms with Gasteiger partial charge in [0.2, 0.25) is 0 Å². The SMILES string of the molecule is C[C@H](c1nc2ccccc2s1)N(C)C(=O)C[NH+](C)Cc1ccco1. The minimum atomic E-state index is -0.0358. The number of hydrogen-bond acceptors (Lipinski definition) is 4. The van der Waals surface area contributed by atoms with Crippen molar-refractivity contribution in [1.29, 1.82) is 0 Å². The number of fused-ring (bicyclic) bond motifs is 1. The van der Waals surface area contributed by atoms with Crippen molar-refractivity contribution in [3.8, 4) is 0 Å². The molecule has 0 fully saturated rings. The third kappa shape index (κ3) is 3.66. The predicted molar refractivity (Wildman–Crippen MR) is 95.0 cm³/mol. The van der Waals surface area contributed by atoms with E-state index < -0.39 is 0 Å². The molecule has 2 atom stereocenters.